The average Bonchev–Trinajstić information content (AvgIpc) is 3.12. The predicted molar refractivity (Wildman–Crippen MR) is 218 cm³/mol. The van der Waals surface area contributed by atoms with E-state index >= 15 is 0 Å². The summed E-state index contributed by atoms with van der Waals surface area (Å²) in [6.45, 7) is 14.3. The van der Waals surface area contributed by atoms with Crippen LogP contribution in [0.3, 0.4) is 0 Å². The summed E-state index contributed by atoms with van der Waals surface area (Å²) < 4.78 is 5.45. The number of carbonyl (C=O) groups is 2. The van der Waals surface area contributed by atoms with Gasteiger partial charge in [-0.05, 0) is 103 Å². The van der Waals surface area contributed by atoms with Crippen molar-refractivity contribution >= 4 is 11.9 Å². The molecular formula is C44H85N3O3. The number of ether oxygens (including phenoxy) is 1. The molecule has 1 atom stereocenters. The maximum atomic E-state index is 13.2. The van der Waals surface area contributed by atoms with Gasteiger partial charge in [0.25, 0.3) is 0 Å². The van der Waals surface area contributed by atoms with Crippen LogP contribution in [0.1, 0.15) is 201 Å². The summed E-state index contributed by atoms with van der Waals surface area (Å²) in [6.07, 6.45) is 40.7. The minimum absolute atomic E-state index is 0.0841. The highest BCUT2D eigenvalue weighted by atomic mass is 16.5. The van der Waals surface area contributed by atoms with Crippen molar-refractivity contribution in [3.05, 3.63) is 24.3 Å². The minimum Gasteiger partial charge on any atom is -0.463 e. The van der Waals surface area contributed by atoms with E-state index in [0.29, 0.717) is 19.4 Å². The van der Waals surface area contributed by atoms with Crippen LogP contribution in [0.2, 0.25) is 0 Å². The van der Waals surface area contributed by atoms with Gasteiger partial charge in [0.1, 0.15) is 0 Å². The number of esters is 1. The molecule has 1 unspecified atom stereocenters. The molecule has 0 saturated heterocycles. The van der Waals surface area contributed by atoms with Gasteiger partial charge in [-0.1, -0.05) is 142 Å². The molecule has 0 aromatic heterocycles. The maximum absolute atomic E-state index is 13.2. The quantitative estimate of drug-likeness (QED) is 0.0289. The number of nitrogens with one attached hydrogen (secondary N) is 2. The zero-order valence-corrected chi connectivity index (χ0v) is 33.9. The molecule has 6 heteroatoms. The molecule has 0 spiro atoms. The Balaban J connectivity index is 4.38. The third-order valence-electron chi connectivity index (χ3n) is 9.61. The Hall–Kier alpha value is -1.66. The molecule has 0 fully saturated rings. The van der Waals surface area contributed by atoms with E-state index in [1.807, 2.05) is 6.08 Å². The molecule has 0 rings (SSSR count). The second-order valence-electron chi connectivity index (χ2n) is 14.6. The van der Waals surface area contributed by atoms with Gasteiger partial charge in [-0.2, -0.15) is 0 Å². The molecule has 1 amide bonds. The van der Waals surface area contributed by atoms with E-state index in [1.54, 1.807) is 6.08 Å². The first kappa shape index (κ1) is 48.3. The molecule has 0 aromatic rings. The molecule has 0 aromatic carbocycles. The van der Waals surface area contributed by atoms with Gasteiger partial charge in [-0.25, -0.2) is 4.79 Å². The fraction of sp³-hybridized carbons (Fsp3) is 0.864. The Kier molecular flexibility index (Phi) is 38.8. The van der Waals surface area contributed by atoms with Crippen LogP contribution in [0.15, 0.2) is 24.3 Å². The first-order valence-electron chi connectivity index (χ1n) is 21.8. The fourth-order valence-electron chi connectivity index (χ4n) is 6.26. The number of carbonyl (C=O) groups excluding carboxylic acids is 2. The van der Waals surface area contributed by atoms with Gasteiger partial charge >= 0.3 is 5.97 Å². The lowest BCUT2D eigenvalue weighted by Crippen LogP contribution is -2.45. The Morgan fingerprint density at radius 1 is 0.540 bits per heavy atom. The molecule has 50 heavy (non-hydrogen) atoms. The molecule has 0 aliphatic rings. The Morgan fingerprint density at radius 3 is 1.58 bits per heavy atom. The molecule has 294 valence electrons. The van der Waals surface area contributed by atoms with Crippen molar-refractivity contribution in [1.82, 2.24) is 15.5 Å². The number of rotatable bonds is 39. The molecule has 0 aliphatic heterocycles. The summed E-state index contributed by atoms with van der Waals surface area (Å²) in [6, 6.07) is -0.249. The maximum Gasteiger partial charge on any atom is 0.330 e. The molecule has 0 saturated carbocycles. The van der Waals surface area contributed by atoms with Gasteiger partial charge < -0.3 is 20.3 Å². The number of allylic oxidation sites excluding steroid dienone is 3. The minimum atomic E-state index is -0.272. The van der Waals surface area contributed by atoms with Crippen molar-refractivity contribution in [2.45, 2.75) is 207 Å². The lowest BCUT2D eigenvalue weighted by atomic mass is 10.1. The van der Waals surface area contributed by atoms with Crippen LogP contribution < -0.4 is 10.6 Å². The van der Waals surface area contributed by atoms with Crippen molar-refractivity contribution in [1.29, 1.82) is 0 Å². The monoisotopic (exact) mass is 704 g/mol. The van der Waals surface area contributed by atoms with Crippen LogP contribution in [0.4, 0.5) is 0 Å². The zero-order chi connectivity index (χ0) is 36.6. The van der Waals surface area contributed by atoms with Crippen LogP contribution in [0, 0.1) is 0 Å². The fourth-order valence-corrected chi connectivity index (χ4v) is 6.26. The van der Waals surface area contributed by atoms with Crippen LogP contribution in [-0.2, 0) is 14.3 Å². The third kappa shape index (κ3) is 34.8. The summed E-state index contributed by atoms with van der Waals surface area (Å²) in [5.41, 5.74) is 0. The lowest BCUT2D eigenvalue weighted by molar-refractivity contribution is -0.137. The van der Waals surface area contributed by atoms with E-state index in [0.717, 1.165) is 58.4 Å². The summed E-state index contributed by atoms with van der Waals surface area (Å²) in [5, 5.41) is 6.75. The van der Waals surface area contributed by atoms with Gasteiger partial charge in [0.15, 0.2) is 0 Å². The van der Waals surface area contributed by atoms with Crippen molar-refractivity contribution in [2.24, 2.45) is 0 Å². The topological polar surface area (TPSA) is 70.7 Å². The molecule has 0 heterocycles. The highest BCUT2D eigenvalue weighted by molar-refractivity contribution is 5.82. The highest BCUT2D eigenvalue weighted by Crippen LogP contribution is 2.10. The predicted octanol–water partition coefficient (Wildman–Crippen LogP) is 11.6. The van der Waals surface area contributed by atoms with Crippen molar-refractivity contribution < 1.29 is 14.3 Å². The first-order chi connectivity index (χ1) is 24.6. The van der Waals surface area contributed by atoms with Gasteiger partial charge in [-0.3, -0.25) is 4.79 Å². The zero-order valence-electron chi connectivity index (χ0n) is 33.9. The van der Waals surface area contributed by atoms with E-state index < -0.39 is 0 Å². The second kappa shape index (κ2) is 40.1. The highest BCUT2D eigenvalue weighted by Gasteiger charge is 2.17. The summed E-state index contributed by atoms with van der Waals surface area (Å²) in [5.74, 6) is -0.187. The lowest BCUT2D eigenvalue weighted by Gasteiger charge is -2.23. The summed E-state index contributed by atoms with van der Waals surface area (Å²) >= 11 is 0. The number of hydrogen-bond acceptors (Lipinski definition) is 5. The van der Waals surface area contributed by atoms with Crippen LogP contribution in [-0.4, -0.2) is 62.1 Å². The van der Waals surface area contributed by atoms with Crippen LogP contribution >= 0.6 is 0 Å². The number of amides is 1. The van der Waals surface area contributed by atoms with Crippen LogP contribution in [0.5, 0.6) is 0 Å². The Bertz CT molecular complexity index is 776. The molecule has 0 radical (unpaired) electrons. The van der Waals surface area contributed by atoms with E-state index in [-0.39, 0.29) is 17.9 Å². The second-order valence-corrected chi connectivity index (χ2v) is 14.6. The van der Waals surface area contributed by atoms with Crippen molar-refractivity contribution in [3.63, 3.8) is 0 Å². The van der Waals surface area contributed by atoms with E-state index in [2.05, 4.69) is 55.4 Å². The largest absolute Gasteiger partial charge is 0.463 e. The molecule has 0 aliphatic carbocycles. The number of nitrogens with zero attached hydrogens (tertiary/aromatic N) is 1. The standard InChI is InChI=1S/C44H85N3O3/c1-5-9-13-15-17-18-19-20-21-22-23-24-25-27-29-31-36-46-44(49)42(45-37-33-40-47(38-11-7-3)39-12-8-4)34-32-41-50-43(48)35-30-28-26-16-14-10-6-2/h20-21,30,35,42,45H,5-19,22-29,31-34,36-41H2,1-4H3,(H,46,49)/b21-20-,35-30+. The molecule has 0 bridgehead atoms. The molecular weight excluding hydrogens is 619 g/mol. The average molecular weight is 704 g/mol. The number of hydrogen-bond donors (Lipinski definition) is 2. The first-order valence-corrected chi connectivity index (χ1v) is 21.8. The van der Waals surface area contributed by atoms with Crippen LogP contribution in [0.25, 0.3) is 0 Å². The SMILES string of the molecule is CCCCCCC/C=C/C(=O)OCCCC(NCCCN(CCCC)CCCC)C(=O)NCCCCCCCC/C=C\CCCCCCCC. The van der Waals surface area contributed by atoms with E-state index in [4.69, 9.17) is 4.74 Å². The smallest absolute Gasteiger partial charge is 0.330 e. The summed E-state index contributed by atoms with van der Waals surface area (Å²) in [4.78, 5) is 27.9. The number of unbranched alkanes of at least 4 members (excludes halogenated alkanes) is 19. The Morgan fingerprint density at radius 2 is 1.02 bits per heavy atom. The van der Waals surface area contributed by atoms with E-state index in [1.165, 1.54) is 135 Å². The molecule has 2 N–H and O–H groups in total. The van der Waals surface area contributed by atoms with E-state index in [9.17, 15) is 9.59 Å². The normalized spacial score (nSPS) is 12.4. The Labute approximate surface area is 311 Å². The van der Waals surface area contributed by atoms with Gasteiger partial charge in [0.2, 0.25) is 5.91 Å². The van der Waals surface area contributed by atoms with Crippen molar-refractivity contribution in [3.8, 4) is 0 Å². The van der Waals surface area contributed by atoms with Gasteiger partial charge in [-0.15, -0.1) is 0 Å². The third-order valence-corrected chi connectivity index (χ3v) is 9.61. The molecule has 6 nitrogen and oxygen atoms in total. The summed E-state index contributed by atoms with van der Waals surface area (Å²) in [7, 11) is 0. The van der Waals surface area contributed by atoms with Gasteiger partial charge in [0, 0.05) is 12.6 Å². The van der Waals surface area contributed by atoms with Crippen molar-refractivity contribution in [2.75, 3.05) is 39.3 Å². The van der Waals surface area contributed by atoms with Gasteiger partial charge in [0.05, 0.1) is 12.6 Å².